The Morgan fingerprint density at radius 1 is 1.28 bits per heavy atom. The van der Waals surface area contributed by atoms with Crippen LogP contribution in [0.3, 0.4) is 0 Å². The lowest BCUT2D eigenvalue weighted by Gasteiger charge is -2.26. The predicted molar refractivity (Wildman–Crippen MR) is 76.5 cm³/mol. The Balaban J connectivity index is 2.81. The number of thioether (sulfide) groups is 1. The molecule has 1 rings (SSSR count). The van der Waals surface area contributed by atoms with Gasteiger partial charge in [0.25, 0.3) is 0 Å². The van der Waals surface area contributed by atoms with Crippen LogP contribution in [0.25, 0.3) is 0 Å². The lowest BCUT2D eigenvalue weighted by molar-refractivity contribution is -0.154. The molecule has 0 aliphatic heterocycles. The van der Waals surface area contributed by atoms with Gasteiger partial charge in [0, 0.05) is 0 Å². The first kappa shape index (κ1) is 15.1. The van der Waals surface area contributed by atoms with Crippen LogP contribution in [0.1, 0.15) is 32.4 Å². The molecule has 0 aliphatic carbocycles. The van der Waals surface area contributed by atoms with Gasteiger partial charge in [0.1, 0.15) is 10.9 Å². The van der Waals surface area contributed by atoms with Gasteiger partial charge < -0.3 is 10.5 Å². The molecule has 100 valence electrons. The minimum Gasteiger partial charge on any atom is -0.459 e. The molecular weight excluding hydrogens is 246 g/mol. The van der Waals surface area contributed by atoms with E-state index in [4.69, 9.17) is 10.5 Å². The number of ether oxygens (including phenoxy) is 1. The van der Waals surface area contributed by atoms with Crippen molar-refractivity contribution in [2.24, 2.45) is 5.73 Å². The van der Waals surface area contributed by atoms with E-state index >= 15 is 0 Å². The highest BCUT2D eigenvalue weighted by atomic mass is 32.2. The van der Waals surface area contributed by atoms with Gasteiger partial charge in [-0.15, -0.1) is 11.8 Å². The molecule has 2 N–H and O–H groups in total. The van der Waals surface area contributed by atoms with Crippen molar-refractivity contribution in [2.45, 2.75) is 37.7 Å². The topological polar surface area (TPSA) is 52.3 Å². The molecule has 0 fully saturated rings. The van der Waals surface area contributed by atoms with Crippen LogP contribution in [-0.2, 0) is 9.53 Å². The van der Waals surface area contributed by atoms with Crippen LogP contribution in [0.4, 0.5) is 0 Å². The third-order valence-electron chi connectivity index (χ3n) is 2.40. The number of carbonyl (C=O) groups is 1. The minimum absolute atomic E-state index is 0.258. The van der Waals surface area contributed by atoms with Gasteiger partial charge in [-0.05, 0) is 32.6 Å². The molecule has 4 heteroatoms. The van der Waals surface area contributed by atoms with E-state index in [0.717, 1.165) is 5.56 Å². The van der Waals surface area contributed by atoms with Crippen LogP contribution in [0, 0.1) is 0 Å². The van der Waals surface area contributed by atoms with Gasteiger partial charge in [0.2, 0.25) is 0 Å². The minimum atomic E-state index is -0.485. The van der Waals surface area contributed by atoms with Crippen molar-refractivity contribution in [3.8, 4) is 0 Å². The normalized spacial score (nSPS) is 14.9. The number of carbonyl (C=O) groups excluding carboxylic acids is 1. The monoisotopic (exact) mass is 267 g/mol. The first-order chi connectivity index (χ1) is 8.35. The van der Waals surface area contributed by atoms with E-state index in [-0.39, 0.29) is 17.3 Å². The summed E-state index contributed by atoms with van der Waals surface area (Å²) in [5.74, 6) is -0.258. The summed E-state index contributed by atoms with van der Waals surface area (Å²) in [6.45, 7) is 5.57. The predicted octanol–water partition coefficient (Wildman–Crippen LogP) is 2.76. The number of rotatable bonds is 4. The number of hydrogen-bond acceptors (Lipinski definition) is 4. The first-order valence-electron chi connectivity index (χ1n) is 5.91. The zero-order valence-corrected chi connectivity index (χ0v) is 12.2. The highest BCUT2D eigenvalue weighted by Gasteiger charge is 2.30. The van der Waals surface area contributed by atoms with Crippen molar-refractivity contribution in [3.05, 3.63) is 35.9 Å². The van der Waals surface area contributed by atoms with Crippen molar-refractivity contribution in [2.75, 3.05) is 6.26 Å². The lowest BCUT2D eigenvalue weighted by atomic mass is 10.0. The average molecular weight is 267 g/mol. The largest absolute Gasteiger partial charge is 0.459 e. The van der Waals surface area contributed by atoms with Crippen LogP contribution in [0.2, 0.25) is 0 Å². The van der Waals surface area contributed by atoms with E-state index in [9.17, 15) is 4.79 Å². The maximum absolute atomic E-state index is 12.1. The average Bonchev–Trinajstić information content (AvgIpc) is 2.28. The Bertz CT molecular complexity index is 387. The molecule has 0 aliphatic rings. The lowest BCUT2D eigenvalue weighted by Crippen LogP contribution is -2.36. The van der Waals surface area contributed by atoms with Crippen LogP contribution in [0.5, 0.6) is 0 Å². The van der Waals surface area contributed by atoms with Crippen molar-refractivity contribution in [1.82, 2.24) is 0 Å². The van der Waals surface area contributed by atoms with Crippen LogP contribution in [-0.4, -0.2) is 23.1 Å². The van der Waals surface area contributed by atoms with E-state index in [1.807, 2.05) is 57.4 Å². The van der Waals surface area contributed by atoms with Gasteiger partial charge in [-0.25, -0.2) is 0 Å². The van der Waals surface area contributed by atoms with Gasteiger partial charge in [-0.2, -0.15) is 0 Å². The fourth-order valence-corrected chi connectivity index (χ4v) is 2.29. The smallest absolute Gasteiger partial charge is 0.321 e. The molecule has 18 heavy (non-hydrogen) atoms. The van der Waals surface area contributed by atoms with Crippen molar-refractivity contribution < 1.29 is 9.53 Å². The van der Waals surface area contributed by atoms with Gasteiger partial charge in [0.05, 0.1) is 6.04 Å². The fourth-order valence-electron chi connectivity index (χ4n) is 1.60. The summed E-state index contributed by atoms with van der Waals surface area (Å²) >= 11 is 1.42. The Hall–Kier alpha value is -1.00. The number of nitrogens with two attached hydrogens (primary N) is 1. The molecule has 0 saturated heterocycles. The molecule has 2 atom stereocenters. The van der Waals surface area contributed by atoms with Crippen molar-refractivity contribution >= 4 is 17.7 Å². The molecule has 0 radical (unpaired) electrons. The summed E-state index contributed by atoms with van der Waals surface area (Å²) in [5.41, 5.74) is 6.61. The standard InChI is InChI=1S/C14H21NO2S/c1-14(2,3)17-13(16)12(18-4)11(15)10-8-6-5-7-9-10/h5-9,11-12H,15H2,1-4H3. The summed E-state index contributed by atoms with van der Waals surface area (Å²) in [6, 6.07) is 9.27. The van der Waals surface area contributed by atoms with Crippen molar-refractivity contribution in [3.63, 3.8) is 0 Å². The molecule has 1 aromatic rings. The molecule has 0 amide bonds. The first-order valence-corrected chi connectivity index (χ1v) is 7.20. The van der Waals surface area contributed by atoms with Crippen molar-refractivity contribution in [1.29, 1.82) is 0 Å². The third-order valence-corrected chi connectivity index (χ3v) is 3.40. The van der Waals surface area contributed by atoms with E-state index in [1.165, 1.54) is 11.8 Å². The molecule has 0 spiro atoms. The third kappa shape index (κ3) is 4.35. The number of benzene rings is 1. The van der Waals surface area contributed by atoms with E-state index in [0.29, 0.717) is 0 Å². The Labute approximate surface area is 113 Å². The maximum Gasteiger partial charge on any atom is 0.321 e. The van der Waals surface area contributed by atoms with E-state index in [2.05, 4.69) is 0 Å². The highest BCUT2D eigenvalue weighted by Crippen LogP contribution is 2.25. The Morgan fingerprint density at radius 2 is 1.83 bits per heavy atom. The highest BCUT2D eigenvalue weighted by molar-refractivity contribution is 7.99. The van der Waals surface area contributed by atoms with Crippen LogP contribution >= 0.6 is 11.8 Å². The van der Waals surface area contributed by atoms with E-state index in [1.54, 1.807) is 0 Å². The van der Waals surface area contributed by atoms with Crippen LogP contribution < -0.4 is 5.73 Å². The molecule has 1 aromatic carbocycles. The molecule has 2 unspecified atom stereocenters. The number of hydrogen-bond donors (Lipinski definition) is 1. The quantitative estimate of drug-likeness (QED) is 0.852. The molecule has 3 nitrogen and oxygen atoms in total. The SMILES string of the molecule is CSC(C(=O)OC(C)(C)C)C(N)c1ccccc1. The van der Waals surface area contributed by atoms with E-state index < -0.39 is 5.60 Å². The summed E-state index contributed by atoms with van der Waals surface area (Å²) in [4.78, 5) is 12.1. The second kappa shape index (κ2) is 6.25. The van der Waals surface area contributed by atoms with Gasteiger partial charge in [0.15, 0.2) is 0 Å². The number of esters is 1. The molecule has 0 bridgehead atoms. The zero-order chi connectivity index (χ0) is 13.8. The maximum atomic E-state index is 12.1. The molecule has 0 aromatic heterocycles. The zero-order valence-electron chi connectivity index (χ0n) is 11.3. The second-order valence-corrected chi connectivity index (χ2v) is 6.11. The molecular formula is C14H21NO2S. The Morgan fingerprint density at radius 3 is 2.28 bits per heavy atom. The van der Waals surface area contributed by atoms with Gasteiger partial charge >= 0.3 is 5.97 Å². The molecule has 0 saturated carbocycles. The summed E-state index contributed by atoms with van der Waals surface area (Å²) in [5, 5.41) is -0.383. The Kier molecular flexibility index (Phi) is 5.23. The molecule has 0 heterocycles. The van der Waals surface area contributed by atoms with Gasteiger partial charge in [-0.1, -0.05) is 30.3 Å². The second-order valence-electron chi connectivity index (χ2n) is 5.13. The summed E-state index contributed by atoms with van der Waals surface area (Å²) in [7, 11) is 0. The summed E-state index contributed by atoms with van der Waals surface area (Å²) in [6.07, 6.45) is 1.87. The summed E-state index contributed by atoms with van der Waals surface area (Å²) < 4.78 is 5.39. The fraction of sp³-hybridized carbons (Fsp3) is 0.500. The van der Waals surface area contributed by atoms with Gasteiger partial charge in [-0.3, -0.25) is 4.79 Å². The van der Waals surface area contributed by atoms with Crippen LogP contribution in [0.15, 0.2) is 30.3 Å².